The molecule has 3 atom stereocenters. The smallest absolute Gasteiger partial charge is 0.220 e. The van der Waals surface area contributed by atoms with E-state index in [9.17, 15) is 4.79 Å². The Labute approximate surface area is 115 Å². The largest absolute Gasteiger partial charge is 0.373 e. The quantitative estimate of drug-likeness (QED) is 0.751. The van der Waals surface area contributed by atoms with E-state index in [4.69, 9.17) is 4.74 Å². The number of morpholine rings is 1. The van der Waals surface area contributed by atoms with Gasteiger partial charge in [0, 0.05) is 25.6 Å². The van der Waals surface area contributed by atoms with Gasteiger partial charge in [0.1, 0.15) is 0 Å². The Morgan fingerprint density at radius 3 is 3.21 bits per heavy atom. The molecule has 3 aliphatic rings. The second kappa shape index (κ2) is 6.20. The summed E-state index contributed by atoms with van der Waals surface area (Å²) in [5.74, 6) is 0.705. The van der Waals surface area contributed by atoms with E-state index in [1.54, 1.807) is 0 Å². The van der Waals surface area contributed by atoms with Crippen molar-refractivity contribution in [2.45, 2.75) is 37.8 Å². The highest BCUT2D eigenvalue weighted by atomic mass is 16.5. The summed E-state index contributed by atoms with van der Waals surface area (Å²) in [6.45, 7) is 5.74. The SMILES string of the molecule is O=C(CC1CCNC1)NCC1CN2CCCC2CO1. The average Bonchev–Trinajstić information content (AvgIpc) is 3.06. The lowest BCUT2D eigenvalue weighted by Crippen LogP contribution is -2.50. The highest BCUT2D eigenvalue weighted by Crippen LogP contribution is 2.22. The minimum atomic E-state index is 0.181. The van der Waals surface area contributed by atoms with Crippen LogP contribution in [0.1, 0.15) is 25.7 Å². The van der Waals surface area contributed by atoms with E-state index in [0.29, 0.717) is 24.9 Å². The van der Waals surface area contributed by atoms with Crippen molar-refractivity contribution in [3.63, 3.8) is 0 Å². The summed E-state index contributed by atoms with van der Waals surface area (Å²) in [6, 6.07) is 0.636. The number of hydrogen-bond acceptors (Lipinski definition) is 4. The molecular weight excluding hydrogens is 242 g/mol. The molecule has 3 fully saturated rings. The van der Waals surface area contributed by atoms with E-state index >= 15 is 0 Å². The molecule has 1 amide bonds. The first kappa shape index (κ1) is 13.3. The van der Waals surface area contributed by atoms with Crippen LogP contribution >= 0.6 is 0 Å². The summed E-state index contributed by atoms with van der Waals surface area (Å²) in [5.41, 5.74) is 0. The first-order chi connectivity index (χ1) is 9.31. The number of ether oxygens (including phenoxy) is 1. The average molecular weight is 267 g/mol. The fraction of sp³-hybridized carbons (Fsp3) is 0.929. The summed E-state index contributed by atoms with van der Waals surface area (Å²) in [5, 5.41) is 6.34. The van der Waals surface area contributed by atoms with Crippen LogP contribution < -0.4 is 10.6 Å². The number of carbonyl (C=O) groups excluding carboxylic acids is 1. The van der Waals surface area contributed by atoms with Gasteiger partial charge >= 0.3 is 0 Å². The normalized spacial score (nSPS) is 35.3. The molecule has 3 rings (SSSR count). The Kier molecular flexibility index (Phi) is 4.35. The van der Waals surface area contributed by atoms with E-state index in [1.807, 2.05) is 0 Å². The van der Waals surface area contributed by atoms with Gasteiger partial charge in [-0.15, -0.1) is 0 Å². The number of nitrogens with one attached hydrogen (secondary N) is 2. The molecule has 3 unspecified atom stereocenters. The molecule has 5 heteroatoms. The minimum absolute atomic E-state index is 0.181. The predicted molar refractivity (Wildman–Crippen MR) is 72.9 cm³/mol. The summed E-state index contributed by atoms with van der Waals surface area (Å²) >= 11 is 0. The molecule has 108 valence electrons. The van der Waals surface area contributed by atoms with Gasteiger partial charge in [0.2, 0.25) is 5.91 Å². The molecular formula is C14H25N3O2. The van der Waals surface area contributed by atoms with Crippen molar-refractivity contribution >= 4 is 5.91 Å². The minimum Gasteiger partial charge on any atom is -0.373 e. The van der Waals surface area contributed by atoms with E-state index < -0.39 is 0 Å². The van der Waals surface area contributed by atoms with Crippen molar-refractivity contribution in [1.82, 2.24) is 15.5 Å². The maximum absolute atomic E-state index is 11.9. The Morgan fingerprint density at radius 1 is 1.42 bits per heavy atom. The van der Waals surface area contributed by atoms with E-state index in [1.165, 1.54) is 19.4 Å². The zero-order valence-electron chi connectivity index (χ0n) is 11.6. The molecule has 0 aromatic rings. The number of fused-ring (bicyclic) bond motifs is 1. The standard InChI is InChI=1S/C14H25N3O2/c18-14(6-11-3-4-15-7-11)16-8-13-9-17-5-1-2-12(17)10-19-13/h11-13,15H,1-10H2,(H,16,18). The van der Waals surface area contributed by atoms with Crippen LogP contribution in [-0.2, 0) is 9.53 Å². The van der Waals surface area contributed by atoms with Crippen molar-refractivity contribution in [3.05, 3.63) is 0 Å². The Bertz CT molecular complexity index is 318. The summed E-state index contributed by atoms with van der Waals surface area (Å²) in [4.78, 5) is 14.4. The number of amides is 1. The van der Waals surface area contributed by atoms with Crippen molar-refractivity contribution in [3.8, 4) is 0 Å². The fourth-order valence-corrected chi connectivity index (χ4v) is 3.46. The van der Waals surface area contributed by atoms with E-state index in [0.717, 1.165) is 32.7 Å². The summed E-state index contributed by atoms with van der Waals surface area (Å²) in [6.07, 6.45) is 4.53. The van der Waals surface area contributed by atoms with Crippen molar-refractivity contribution in [1.29, 1.82) is 0 Å². The Hall–Kier alpha value is -0.650. The van der Waals surface area contributed by atoms with Crippen LogP contribution in [0.3, 0.4) is 0 Å². The van der Waals surface area contributed by atoms with Crippen LogP contribution in [0.2, 0.25) is 0 Å². The van der Waals surface area contributed by atoms with Gasteiger partial charge < -0.3 is 15.4 Å². The molecule has 3 saturated heterocycles. The zero-order chi connectivity index (χ0) is 13.1. The molecule has 5 nitrogen and oxygen atoms in total. The van der Waals surface area contributed by atoms with E-state index in [2.05, 4.69) is 15.5 Å². The predicted octanol–water partition coefficient (Wildman–Crippen LogP) is -0.0346. The molecule has 19 heavy (non-hydrogen) atoms. The molecule has 0 spiro atoms. The van der Waals surface area contributed by atoms with Gasteiger partial charge in [0.25, 0.3) is 0 Å². The van der Waals surface area contributed by atoms with Crippen molar-refractivity contribution in [2.24, 2.45) is 5.92 Å². The van der Waals surface area contributed by atoms with Gasteiger partial charge in [-0.1, -0.05) is 0 Å². The second-order valence-corrected chi connectivity index (χ2v) is 6.11. The second-order valence-electron chi connectivity index (χ2n) is 6.11. The van der Waals surface area contributed by atoms with Crippen molar-refractivity contribution < 1.29 is 9.53 Å². The lowest BCUT2D eigenvalue weighted by molar-refractivity contribution is -0.123. The Morgan fingerprint density at radius 2 is 2.37 bits per heavy atom. The first-order valence-corrected chi connectivity index (χ1v) is 7.64. The third-order valence-electron chi connectivity index (χ3n) is 4.62. The van der Waals surface area contributed by atoms with Gasteiger partial charge in [0.05, 0.1) is 12.7 Å². The zero-order valence-corrected chi connectivity index (χ0v) is 11.6. The third-order valence-corrected chi connectivity index (χ3v) is 4.62. The molecule has 0 bridgehead atoms. The van der Waals surface area contributed by atoms with Crippen LogP contribution in [0.15, 0.2) is 0 Å². The molecule has 0 aromatic carbocycles. The molecule has 2 N–H and O–H groups in total. The lowest BCUT2D eigenvalue weighted by atomic mass is 10.0. The van der Waals surface area contributed by atoms with Crippen molar-refractivity contribution in [2.75, 3.05) is 39.3 Å². The maximum atomic E-state index is 11.9. The van der Waals surface area contributed by atoms with Crippen LogP contribution in [0.5, 0.6) is 0 Å². The molecule has 0 aliphatic carbocycles. The number of hydrogen-bond donors (Lipinski definition) is 2. The van der Waals surface area contributed by atoms with Crippen LogP contribution in [0, 0.1) is 5.92 Å². The molecule has 3 heterocycles. The molecule has 0 radical (unpaired) electrons. The first-order valence-electron chi connectivity index (χ1n) is 7.64. The van der Waals surface area contributed by atoms with Gasteiger partial charge in [-0.3, -0.25) is 9.69 Å². The van der Waals surface area contributed by atoms with E-state index in [-0.39, 0.29) is 12.0 Å². The van der Waals surface area contributed by atoms with Crippen LogP contribution in [-0.4, -0.2) is 62.3 Å². The highest BCUT2D eigenvalue weighted by Gasteiger charge is 2.32. The topological polar surface area (TPSA) is 53.6 Å². The lowest BCUT2D eigenvalue weighted by Gasteiger charge is -2.35. The van der Waals surface area contributed by atoms with Gasteiger partial charge in [-0.05, 0) is 44.8 Å². The summed E-state index contributed by atoms with van der Waals surface area (Å²) < 4.78 is 5.84. The molecule has 3 aliphatic heterocycles. The Balaban J connectivity index is 1.36. The molecule has 0 saturated carbocycles. The third kappa shape index (κ3) is 3.46. The monoisotopic (exact) mass is 267 g/mol. The highest BCUT2D eigenvalue weighted by molar-refractivity contribution is 5.76. The molecule has 0 aromatic heterocycles. The number of nitrogens with zero attached hydrogens (tertiary/aromatic N) is 1. The fourth-order valence-electron chi connectivity index (χ4n) is 3.46. The maximum Gasteiger partial charge on any atom is 0.220 e. The van der Waals surface area contributed by atoms with Gasteiger partial charge in [0.15, 0.2) is 0 Å². The van der Waals surface area contributed by atoms with Gasteiger partial charge in [-0.2, -0.15) is 0 Å². The van der Waals surface area contributed by atoms with Crippen LogP contribution in [0.4, 0.5) is 0 Å². The number of carbonyl (C=O) groups is 1. The van der Waals surface area contributed by atoms with Gasteiger partial charge in [-0.25, -0.2) is 0 Å². The van der Waals surface area contributed by atoms with Crippen LogP contribution in [0.25, 0.3) is 0 Å². The summed E-state index contributed by atoms with van der Waals surface area (Å²) in [7, 11) is 0. The number of rotatable bonds is 4.